The van der Waals surface area contributed by atoms with Gasteiger partial charge in [0.1, 0.15) is 23.6 Å². The molecule has 194 valence electrons. The van der Waals surface area contributed by atoms with E-state index >= 15 is 0 Å². The van der Waals surface area contributed by atoms with E-state index in [1.54, 1.807) is 37.1 Å². The maximum absolute atomic E-state index is 13.6. The minimum absolute atomic E-state index is 0.204. The molecule has 0 bridgehead atoms. The molecule has 0 spiro atoms. The number of amides is 1. The first-order valence-corrected chi connectivity index (χ1v) is 12.5. The fourth-order valence-electron chi connectivity index (χ4n) is 4.75. The van der Waals surface area contributed by atoms with Crippen LogP contribution in [0.15, 0.2) is 30.5 Å². The van der Waals surface area contributed by atoms with Crippen LogP contribution in [0.2, 0.25) is 0 Å². The van der Waals surface area contributed by atoms with Crippen molar-refractivity contribution in [2.75, 3.05) is 46.0 Å². The van der Waals surface area contributed by atoms with Crippen molar-refractivity contribution in [1.82, 2.24) is 20.0 Å². The van der Waals surface area contributed by atoms with Gasteiger partial charge in [0.25, 0.3) is 5.91 Å². The Morgan fingerprint density at radius 2 is 1.86 bits per heavy atom. The summed E-state index contributed by atoms with van der Waals surface area (Å²) in [7, 11) is 0. The molecule has 1 fully saturated rings. The van der Waals surface area contributed by atoms with Gasteiger partial charge in [-0.05, 0) is 45.0 Å². The first-order chi connectivity index (χ1) is 17.2. The number of fused-ring (bicyclic) bond motifs is 1. The van der Waals surface area contributed by atoms with Crippen molar-refractivity contribution >= 4 is 17.4 Å². The fourth-order valence-corrected chi connectivity index (χ4v) is 4.75. The number of H-pyrrole nitrogens is 1. The number of benzene rings is 1. The predicted molar refractivity (Wildman–Crippen MR) is 136 cm³/mol. The average Bonchev–Trinajstić information content (AvgIpc) is 3.18. The van der Waals surface area contributed by atoms with E-state index in [-0.39, 0.29) is 17.6 Å². The number of aromatic amines is 1. The van der Waals surface area contributed by atoms with Crippen LogP contribution in [0, 0.1) is 6.92 Å². The smallest absolute Gasteiger partial charge is 0.342 e. The van der Waals surface area contributed by atoms with Crippen LogP contribution in [0.5, 0.6) is 5.75 Å². The SMILES string of the molecule is Cc1[nH]nc2c1C(C)(C)CN(C(=O)c1ccc(OCCN3CCOCC3)cc1)C=C2C(=O)OC(C)C. The Balaban J connectivity index is 1.51. The number of carbonyl (C=O) groups is 2. The molecule has 0 radical (unpaired) electrons. The van der Waals surface area contributed by atoms with E-state index < -0.39 is 11.4 Å². The zero-order valence-electron chi connectivity index (χ0n) is 21.8. The highest BCUT2D eigenvalue weighted by molar-refractivity contribution is 6.17. The lowest BCUT2D eigenvalue weighted by Gasteiger charge is -2.29. The number of aromatic nitrogens is 2. The number of nitrogens with zero attached hydrogens (tertiary/aromatic N) is 3. The molecule has 3 heterocycles. The van der Waals surface area contributed by atoms with Crippen molar-refractivity contribution in [2.45, 2.75) is 46.1 Å². The summed E-state index contributed by atoms with van der Waals surface area (Å²) in [6.07, 6.45) is 1.28. The predicted octanol–water partition coefficient (Wildman–Crippen LogP) is 3.16. The van der Waals surface area contributed by atoms with Crippen LogP contribution in [-0.4, -0.2) is 84.0 Å². The topological polar surface area (TPSA) is 97.0 Å². The van der Waals surface area contributed by atoms with E-state index in [1.807, 2.05) is 32.9 Å². The van der Waals surface area contributed by atoms with Gasteiger partial charge in [0.15, 0.2) is 0 Å². The van der Waals surface area contributed by atoms with Crippen LogP contribution < -0.4 is 4.74 Å². The standard InChI is InChI=1S/C27H36N4O5/c1-18(2)36-26(33)22-16-31(17-27(4,5)23-19(3)28-29-24(22)23)25(32)20-6-8-21(9-7-20)35-15-12-30-10-13-34-14-11-30/h6-9,16,18H,10-15,17H2,1-5H3,(H,28,29). The van der Waals surface area contributed by atoms with Crippen molar-refractivity contribution in [1.29, 1.82) is 0 Å². The molecule has 0 saturated carbocycles. The number of aryl methyl sites for hydroxylation is 1. The van der Waals surface area contributed by atoms with E-state index in [9.17, 15) is 9.59 Å². The Morgan fingerprint density at radius 3 is 2.53 bits per heavy atom. The first-order valence-electron chi connectivity index (χ1n) is 12.5. The van der Waals surface area contributed by atoms with Gasteiger partial charge in [-0.1, -0.05) is 13.8 Å². The van der Waals surface area contributed by atoms with Crippen molar-refractivity contribution in [2.24, 2.45) is 0 Å². The monoisotopic (exact) mass is 496 g/mol. The number of hydrogen-bond donors (Lipinski definition) is 1. The van der Waals surface area contributed by atoms with Crippen molar-refractivity contribution in [3.8, 4) is 5.75 Å². The van der Waals surface area contributed by atoms with Gasteiger partial charge in [-0.25, -0.2) is 4.79 Å². The Bertz CT molecular complexity index is 1110. The van der Waals surface area contributed by atoms with Crippen LogP contribution in [0.3, 0.4) is 0 Å². The number of rotatable bonds is 7. The number of hydrogen-bond acceptors (Lipinski definition) is 7. The molecule has 9 nitrogen and oxygen atoms in total. The number of carbonyl (C=O) groups excluding carboxylic acids is 2. The van der Waals surface area contributed by atoms with Gasteiger partial charge >= 0.3 is 5.97 Å². The highest BCUT2D eigenvalue weighted by atomic mass is 16.5. The number of morpholine rings is 1. The first kappa shape index (κ1) is 25.9. The van der Waals surface area contributed by atoms with Crippen LogP contribution in [0.4, 0.5) is 0 Å². The lowest BCUT2D eigenvalue weighted by Crippen LogP contribution is -2.38. The van der Waals surface area contributed by atoms with Gasteiger partial charge in [0, 0.05) is 54.6 Å². The van der Waals surface area contributed by atoms with Crippen molar-refractivity contribution < 1.29 is 23.8 Å². The minimum atomic E-state index is -0.503. The van der Waals surface area contributed by atoms with E-state index in [2.05, 4.69) is 15.1 Å². The van der Waals surface area contributed by atoms with Gasteiger partial charge in [-0.15, -0.1) is 0 Å². The summed E-state index contributed by atoms with van der Waals surface area (Å²) in [6, 6.07) is 7.13. The van der Waals surface area contributed by atoms with E-state index in [0.29, 0.717) is 30.2 Å². The Labute approximate surface area is 212 Å². The average molecular weight is 497 g/mol. The second kappa shape index (κ2) is 10.8. The summed E-state index contributed by atoms with van der Waals surface area (Å²) in [5.74, 6) is 0.00494. The molecule has 0 aliphatic carbocycles. The van der Waals surface area contributed by atoms with Gasteiger partial charge in [0.2, 0.25) is 0 Å². The molecule has 2 aliphatic heterocycles. The number of esters is 1. The molecule has 1 amide bonds. The third-order valence-electron chi connectivity index (χ3n) is 6.43. The molecule has 1 aromatic heterocycles. The molecular formula is C27H36N4O5. The zero-order chi connectivity index (χ0) is 25.9. The molecule has 2 aliphatic rings. The van der Waals surface area contributed by atoms with Gasteiger partial charge in [-0.3, -0.25) is 14.8 Å². The molecular weight excluding hydrogens is 460 g/mol. The van der Waals surface area contributed by atoms with Crippen LogP contribution in [-0.2, 0) is 19.7 Å². The van der Waals surface area contributed by atoms with Crippen LogP contribution in [0.25, 0.3) is 5.57 Å². The number of nitrogens with one attached hydrogen (secondary N) is 1. The highest BCUT2D eigenvalue weighted by Gasteiger charge is 2.38. The summed E-state index contributed by atoms with van der Waals surface area (Å²) in [5.41, 5.74) is 2.64. The second-order valence-corrected chi connectivity index (χ2v) is 10.2. The molecule has 1 saturated heterocycles. The Hall–Kier alpha value is -3.17. The third-order valence-corrected chi connectivity index (χ3v) is 6.43. The third kappa shape index (κ3) is 5.79. The van der Waals surface area contributed by atoms with Crippen LogP contribution in [0.1, 0.15) is 55.0 Å². The van der Waals surface area contributed by atoms with Crippen molar-refractivity contribution in [3.05, 3.63) is 53.0 Å². The molecule has 36 heavy (non-hydrogen) atoms. The Kier molecular flexibility index (Phi) is 7.80. The zero-order valence-corrected chi connectivity index (χ0v) is 21.8. The summed E-state index contributed by atoms with van der Waals surface area (Å²) < 4.78 is 16.7. The van der Waals surface area contributed by atoms with E-state index in [4.69, 9.17) is 14.2 Å². The lowest BCUT2D eigenvalue weighted by atomic mass is 9.82. The number of ether oxygens (including phenoxy) is 3. The quantitative estimate of drug-likeness (QED) is 0.588. The minimum Gasteiger partial charge on any atom is -0.492 e. The fraction of sp³-hybridized carbons (Fsp3) is 0.519. The van der Waals surface area contributed by atoms with Crippen LogP contribution >= 0.6 is 0 Å². The summed E-state index contributed by atoms with van der Waals surface area (Å²) in [6.45, 7) is 14.8. The largest absolute Gasteiger partial charge is 0.492 e. The van der Waals surface area contributed by atoms with E-state index in [1.165, 1.54) is 0 Å². The highest BCUT2D eigenvalue weighted by Crippen LogP contribution is 2.37. The molecule has 2 aromatic rings. The van der Waals surface area contributed by atoms with E-state index in [0.717, 1.165) is 44.1 Å². The molecule has 1 N–H and O–H groups in total. The molecule has 1 aromatic carbocycles. The molecule has 0 unspecified atom stereocenters. The molecule has 4 rings (SSSR count). The van der Waals surface area contributed by atoms with Gasteiger partial charge in [0.05, 0.1) is 19.3 Å². The summed E-state index contributed by atoms with van der Waals surface area (Å²) in [4.78, 5) is 30.5. The molecule has 9 heteroatoms. The van der Waals surface area contributed by atoms with Gasteiger partial charge < -0.3 is 19.1 Å². The maximum atomic E-state index is 13.6. The lowest BCUT2D eigenvalue weighted by molar-refractivity contribution is -0.140. The normalized spacial score (nSPS) is 17.8. The molecule has 0 atom stereocenters. The Morgan fingerprint density at radius 1 is 1.17 bits per heavy atom. The second-order valence-electron chi connectivity index (χ2n) is 10.2. The summed E-state index contributed by atoms with van der Waals surface area (Å²) >= 11 is 0. The summed E-state index contributed by atoms with van der Waals surface area (Å²) in [5, 5.41) is 7.40. The maximum Gasteiger partial charge on any atom is 0.342 e. The van der Waals surface area contributed by atoms with Crippen molar-refractivity contribution in [3.63, 3.8) is 0 Å². The van der Waals surface area contributed by atoms with Gasteiger partial charge in [-0.2, -0.15) is 5.10 Å².